The van der Waals surface area contributed by atoms with Crippen LogP contribution in [0.2, 0.25) is 0 Å². The van der Waals surface area contributed by atoms with Gasteiger partial charge in [0.1, 0.15) is 12.3 Å². The molecule has 1 aliphatic rings. The van der Waals surface area contributed by atoms with Crippen molar-refractivity contribution in [2.24, 2.45) is 0 Å². The van der Waals surface area contributed by atoms with Crippen LogP contribution in [0.3, 0.4) is 0 Å². The number of anilines is 1. The van der Waals surface area contributed by atoms with Crippen LogP contribution in [-0.2, 0) is 9.59 Å². The van der Waals surface area contributed by atoms with Crippen molar-refractivity contribution in [2.75, 3.05) is 11.9 Å². The van der Waals surface area contributed by atoms with Crippen LogP contribution in [0.1, 0.15) is 16.1 Å². The highest BCUT2D eigenvalue weighted by atomic mass is 32.2. The van der Waals surface area contributed by atoms with Gasteiger partial charge in [0.05, 0.1) is 11.2 Å². The Kier molecular flexibility index (Phi) is 6.18. The summed E-state index contributed by atoms with van der Waals surface area (Å²) in [7, 11) is 0. The Bertz CT molecular complexity index is 1190. The Balaban J connectivity index is 1.38. The highest BCUT2D eigenvalue weighted by molar-refractivity contribution is 8.18. The van der Waals surface area contributed by atoms with Crippen LogP contribution in [0.25, 0.3) is 6.08 Å². The number of hydrogen-bond acceptors (Lipinski definition) is 7. The van der Waals surface area contributed by atoms with Crippen LogP contribution < -0.4 is 10.1 Å². The molecule has 1 N–H and O–H groups in total. The monoisotopic (exact) mass is 448 g/mol. The summed E-state index contributed by atoms with van der Waals surface area (Å²) in [6.45, 7) is -0.376. The third-order valence-corrected chi connectivity index (χ3v) is 5.25. The maximum atomic E-state index is 12.6. The predicted molar refractivity (Wildman–Crippen MR) is 118 cm³/mol. The van der Waals surface area contributed by atoms with E-state index in [4.69, 9.17) is 9.15 Å². The molecule has 3 amide bonds. The van der Waals surface area contributed by atoms with Gasteiger partial charge in [0.15, 0.2) is 0 Å². The van der Waals surface area contributed by atoms with Crippen LogP contribution in [0, 0.1) is 0 Å². The molecule has 9 heteroatoms. The molecule has 160 valence electrons. The number of ether oxygens (including phenoxy) is 1. The number of carbonyl (C=O) groups excluding carboxylic acids is 4. The maximum absolute atomic E-state index is 12.6. The standard InChI is InChI=1S/C23H16N2O6S/c26-20(24-16-5-2-1-3-6-16)14-25-21(27)19(32-23(25)29)13-15-8-10-17(11-9-15)31-22(28)18-7-4-12-30-18/h1-13H,14H2,(H,24,26)/b19-13-. The fourth-order valence-electron chi connectivity index (χ4n) is 2.84. The molecule has 0 aliphatic carbocycles. The molecule has 0 bridgehead atoms. The second-order valence-electron chi connectivity index (χ2n) is 6.62. The lowest BCUT2D eigenvalue weighted by Crippen LogP contribution is -2.36. The van der Waals surface area contributed by atoms with E-state index in [2.05, 4.69) is 5.32 Å². The van der Waals surface area contributed by atoms with Gasteiger partial charge in [-0.15, -0.1) is 0 Å². The Hall–Kier alpha value is -4.11. The average molecular weight is 448 g/mol. The summed E-state index contributed by atoms with van der Waals surface area (Å²) in [5.74, 6) is -1.26. The van der Waals surface area contributed by atoms with E-state index in [1.807, 2.05) is 6.07 Å². The van der Waals surface area contributed by atoms with Crippen molar-refractivity contribution in [3.8, 4) is 5.75 Å². The largest absolute Gasteiger partial charge is 0.457 e. The van der Waals surface area contributed by atoms with Crippen molar-refractivity contribution >= 4 is 46.5 Å². The third-order valence-electron chi connectivity index (χ3n) is 4.34. The van der Waals surface area contributed by atoms with Gasteiger partial charge >= 0.3 is 5.97 Å². The Morgan fingerprint density at radius 2 is 1.75 bits per heavy atom. The molecule has 0 unspecified atom stereocenters. The quantitative estimate of drug-likeness (QED) is 0.343. The van der Waals surface area contributed by atoms with Crippen molar-refractivity contribution in [1.82, 2.24) is 4.90 Å². The smallest absolute Gasteiger partial charge is 0.379 e. The van der Waals surface area contributed by atoms with Gasteiger partial charge in [0.25, 0.3) is 11.1 Å². The van der Waals surface area contributed by atoms with E-state index >= 15 is 0 Å². The van der Waals surface area contributed by atoms with Gasteiger partial charge in [-0.2, -0.15) is 0 Å². The maximum Gasteiger partial charge on any atom is 0.379 e. The number of esters is 1. The van der Waals surface area contributed by atoms with Crippen molar-refractivity contribution in [1.29, 1.82) is 0 Å². The van der Waals surface area contributed by atoms with Gasteiger partial charge in [0.2, 0.25) is 11.7 Å². The van der Waals surface area contributed by atoms with Gasteiger partial charge in [-0.25, -0.2) is 4.79 Å². The number of rotatable bonds is 6. The van der Waals surface area contributed by atoms with Gasteiger partial charge in [-0.1, -0.05) is 30.3 Å². The summed E-state index contributed by atoms with van der Waals surface area (Å²) >= 11 is 0.759. The molecule has 0 radical (unpaired) electrons. The molecule has 0 atom stereocenters. The number of benzene rings is 2. The van der Waals surface area contributed by atoms with Crippen molar-refractivity contribution < 1.29 is 28.3 Å². The summed E-state index contributed by atoms with van der Waals surface area (Å²) < 4.78 is 10.2. The molecule has 0 spiro atoms. The molecule has 32 heavy (non-hydrogen) atoms. The minimum atomic E-state index is -0.627. The zero-order valence-electron chi connectivity index (χ0n) is 16.5. The Labute approximate surface area is 186 Å². The Morgan fingerprint density at radius 3 is 2.44 bits per heavy atom. The predicted octanol–water partition coefficient (Wildman–Crippen LogP) is 4.17. The van der Waals surface area contributed by atoms with Crippen LogP contribution >= 0.6 is 11.8 Å². The molecule has 2 heterocycles. The molecule has 8 nitrogen and oxygen atoms in total. The number of hydrogen-bond donors (Lipinski definition) is 1. The molecule has 4 rings (SSSR count). The molecule has 3 aromatic rings. The molecular formula is C23H16N2O6S. The van der Waals surface area contributed by atoms with Crippen LogP contribution in [0.4, 0.5) is 10.5 Å². The lowest BCUT2D eigenvalue weighted by atomic mass is 10.2. The highest BCUT2D eigenvalue weighted by Crippen LogP contribution is 2.32. The second kappa shape index (κ2) is 9.36. The lowest BCUT2D eigenvalue weighted by molar-refractivity contribution is -0.127. The van der Waals surface area contributed by atoms with E-state index in [-0.39, 0.29) is 17.2 Å². The molecule has 2 aromatic carbocycles. The van der Waals surface area contributed by atoms with Crippen molar-refractivity contribution in [3.05, 3.63) is 89.2 Å². The molecule has 1 fully saturated rings. The third kappa shape index (κ3) is 4.96. The number of carbonyl (C=O) groups is 4. The number of nitrogens with one attached hydrogen (secondary N) is 1. The summed E-state index contributed by atoms with van der Waals surface area (Å²) in [5.41, 5.74) is 1.20. The highest BCUT2D eigenvalue weighted by Gasteiger charge is 2.36. The van der Waals surface area contributed by atoms with E-state index in [1.165, 1.54) is 18.4 Å². The van der Waals surface area contributed by atoms with Gasteiger partial charge in [0, 0.05) is 5.69 Å². The van der Waals surface area contributed by atoms with E-state index in [1.54, 1.807) is 54.6 Å². The normalized spacial score (nSPS) is 14.6. The van der Waals surface area contributed by atoms with Gasteiger partial charge < -0.3 is 14.5 Å². The van der Waals surface area contributed by atoms with Crippen LogP contribution in [0.5, 0.6) is 5.75 Å². The average Bonchev–Trinajstić information content (AvgIpc) is 3.41. The van der Waals surface area contributed by atoms with Gasteiger partial charge in [-0.3, -0.25) is 19.3 Å². The molecule has 0 saturated carbocycles. The number of nitrogens with zero attached hydrogens (tertiary/aromatic N) is 1. The van der Waals surface area contributed by atoms with E-state index < -0.39 is 23.0 Å². The zero-order chi connectivity index (χ0) is 22.5. The molecule has 1 saturated heterocycles. The number of para-hydroxylation sites is 1. The van der Waals surface area contributed by atoms with E-state index in [0.717, 1.165) is 16.7 Å². The van der Waals surface area contributed by atoms with Gasteiger partial charge in [-0.05, 0) is 59.8 Å². The molecular weight excluding hydrogens is 432 g/mol. The fourth-order valence-corrected chi connectivity index (χ4v) is 3.68. The number of amides is 3. The topological polar surface area (TPSA) is 106 Å². The zero-order valence-corrected chi connectivity index (χ0v) is 17.3. The van der Waals surface area contributed by atoms with E-state index in [9.17, 15) is 19.2 Å². The molecule has 1 aliphatic heterocycles. The van der Waals surface area contributed by atoms with Crippen LogP contribution in [0.15, 0.2) is 82.3 Å². The fraction of sp³-hybridized carbons (Fsp3) is 0.0435. The number of furan rings is 1. The minimum absolute atomic E-state index is 0.0825. The summed E-state index contributed by atoms with van der Waals surface area (Å²) in [5, 5.41) is 2.12. The summed E-state index contributed by atoms with van der Waals surface area (Å²) in [6.07, 6.45) is 2.91. The minimum Gasteiger partial charge on any atom is -0.457 e. The van der Waals surface area contributed by atoms with Crippen molar-refractivity contribution in [3.63, 3.8) is 0 Å². The second-order valence-corrected chi connectivity index (χ2v) is 7.61. The van der Waals surface area contributed by atoms with Crippen LogP contribution in [-0.4, -0.2) is 34.5 Å². The first-order valence-electron chi connectivity index (χ1n) is 9.45. The first-order chi connectivity index (χ1) is 15.5. The molecule has 1 aromatic heterocycles. The SMILES string of the molecule is O=C(CN1C(=O)S/C(=C\c2ccc(OC(=O)c3ccco3)cc2)C1=O)Nc1ccccc1. The summed E-state index contributed by atoms with van der Waals surface area (Å²) in [4.78, 5) is 50.1. The van der Waals surface area contributed by atoms with E-state index in [0.29, 0.717) is 17.0 Å². The van der Waals surface area contributed by atoms with Crippen molar-refractivity contribution in [2.45, 2.75) is 0 Å². The number of thioether (sulfide) groups is 1. The summed E-state index contributed by atoms with van der Waals surface area (Å²) in [6, 6.07) is 18.2. The first-order valence-corrected chi connectivity index (χ1v) is 10.3. The Morgan fingerprint density at radius 1 is 1.00 bits per heavy atom. The lowest BCUT2D eigenvalue weighted by Gasteiger charge is -2.12. The first kappa shape index (κ1) is 21.1. The number of imide groups is 1.